The van der Waals surface area contributed by atoms with E-state index in [1.165, 1.54) is 6.07 Å². The minimum absolute atomic E-state index is 0.181. The van der Waals surface area contributed by atoms with E-state index >= 15 is 0 Å². The zero-order valence-corrected chi connectivity index (χ0v) is 10.9. The lowest BCUT2D eigenvalue weighted by Gasteiger charge is -2.33. The van der Waals surface area contributed by atoms with Crippen molar-refractivity contribution >= 4 is 5.91 Å². The molecule has 0 aliphatic heterocycles. The van der Waals surface area contributed by atoms with E-state index in [9.17, 15) is 9.59 Å². The molecule has 0 spiro atoms. The maximum absolute atomic E-state index is 12.0. The van der Waals surface area contributed by atoms with E-state index in [1.807, 2.05) is 0 Å². The summed E-state index contributed by atoms with van der Waals surface area (Å²) in [6.45, 7) is 4.43. The lowest BCUT2D eigenvalue weighted by Crippen LogP contribution is -2.42. The number of rotatable bonds is 2. The molecule has 18 heavy (non-hydrogen) atoms. The van der Waals surface area contributed by atoms with Crippen LogP contribution in [0, 0.1) is 11.8 Å². The largest absolute Gasteiger partial charge is 0.348 e. The highest BCUT2D eigenvalue weighted by molar-refractivity contribution is 5.92. The lowest BCUT2D eigenvalue weighted by atomic mass is 9.80. The number of carbonyl (C=O) groups excluding carboxylic acids is 1. The fraction of sp³-hybridized carbons (Fsp3) is 0.571. The topological polar surface area (TPSA) is 62.0 Å². The fourth-order valence-electron chi connectivity index (χ4n) is 2.71. The van der Waals surface area contributed by atoms with E-state index in [1.54, 1.807) is 12.1 Å². The van der Waals surface area contributed by atoms with Gasteiger partial charge >= 0.3 is 0 Å². The van der Waals surface area contributed by atoms with Gasteiger partial charge in [-0.25, -0.2) is 0 Å². The molecule has 3 unspecified atom stereocenters. The van der Waals surface area contributed by atoms with Gasteiger partial charge in [-0.3, -0.25) is 9.59 Å². The van der Waals surface area contributed by atoms with E-state index in [2.05, 4.69) is 24.1 Å². The van der Waals surface area contributed by atoms with Crippen LogP contribution >= 0.6 is 0 Å². The summed E-state index contributed by atoms with van der Waals surface area (Å²) < 4.78 is 0. The van der Waals surface area contributed by atoms with Crippen molar-refractivity contribution in [2.45, 2.75) is 39.2 Å². The third kappa shape index (κ3) is 3.00. The quantitative estimate of drug-likeness (QED) is 0.840. The van der Waals surface area contributed by atoms with Gasteiger partial charge in [-0.1, -0.05) is 19.9 Å². The molecule has 0 radical (unpaired) electrons. The van der Waals surface area contributed by atoms with Crippen LogP contribution in [0.15, 0.2) is 23.0 Å². The molecule has 0 aromatic carbocycles. The molecular weight excluding hydrogens is 228 g/mol. The van der Waals surface area contributed by atoms with E-state index in [0.717, 1.165) is 25.2 Å². The van der Waals surface area contributed by atoms with Gasteiger partial charge in [0.2, 0.25) is 5.56 Å². The summed E-state index contributed by atoms with van der Waals surface area (Å²) >= 11 is 0. The molecule has 1 saturated carbocycles. The Hall–Kier alpha value is -1.58. The number of H-pyrrole nitrogens is 1. The average molecular weight is 248 g/mol. The van der Waals surface area contributed by atoms with Gasteiger partial charge in [0, 0.05) is 12.1 Å². The summed E-state index contributed by atoms with van der Waals surface area (Å²) in [6, 6.07) is 4.85. The standard InChI is InChI=1S/C14H20N2O2/c1-9-6-7-11(10(2)8-9)16-14(18)12-4-3-5-13(17)15-12/h3-5,9-11H,6-8H2,1-2H3,(H,15,17)(H,16,18). The molecule has 0 bridgehead atoms. The number of nitrogens with one attached hydrogen (secondary N) is 2. The summed E-state index contributed by atoms with van der Waals surface area (Å²) in [5, 5.41) is 3.02. The first-order valence-electron chi connectivity index (χ1n) is 6.56. The van der Waals surface area contributed by atoms with Crippen LogP contribution in [0.5, 0.6) is 0 Å². The molecule has 1 fully saturated rings. The summed E-state index contributed by atoms with van der Waals surface area (Å²) in [6.07, 6.45) is 3.32. The Morgan fingerprint density at radius 2 is 2.11 bits per heavy atom. The number of amides is 1. The number of hydrogen-bond acceptors (Lipinski definition) is 2. The smallest absolute Gasteiger partial charge is 0.268 e. The fourth-order valence-corrected chi connectivity index (χ4v) is 2.71. The summed E-state index contributed by atoms with van der Waals surface area (Å²) in [4.78, 5) is 25.7. The van der Waals surface area contributed by atoms with E-state index in [-0.39, 0.29) is 17.5 Å². The van der Waals surface area contributed by atoms with Crippen LogP contribution in [0.4, 0.5) is 0 Å². The first-order valence-corrected chi connectivity index (χ1v) is 6.56. The van der Waals surface area contributed by atoms with Crippen LogP contribution in [0.2, 0.25) is 0 Å². The molecule has 2 rings (SSSR count). The monoisotopic (exact) mass is 248 g/mol. The molecular formula is C14H20N2O2. The maximum Gasteiger partial charge on any atom is 0.268 e. The van der Waals surface area contributed by atoms with Crippen LogP contribution in [-0.4, -0.2) is 16.9 Å². The van der Waals surface area contributed by atoms with Crippen molar-refractivity contribution in [3.8, 4) is 0 Å². The average Bonchev–Trinajstić information content (AvgIpc) is 2.32. The van der Waals surface area contributed by atoms with Crippen molar-refractivity contribution in [1.29, 1.82) is 0 Å². The van der Waals surface area contributed by atoms with Gasteiger partial charge in [-0.15, -0.1) is 0 Å². The highest BCUT2D eigenvalue weighted by atomic mass is 16.2. The van der Waals surface area contributed by atoms with E-state index < -0.39 is 0 Å². The van der Waals surface area contributed by atoms with Crippen LogP contribution in [-0.2, 0) is 0 Å². The molecule has 1 aromatic rings. The zero-order valence-electron chi connectivity index (χ0n) is 10.9. The van der Waals surface area contributed by atoms with Crippen molar-refractivity contribution in [3.63, 3.8) is 0 Å². The van der Waals surface area contributed by atoms with Gasteiger partial charge in [0.1, 0.15) is 5.69 Å². The molecule has 1 amide bonds. The number of carbonyl (C=O) groups is 1. The van der Waals surface area contributed by atoms with Gasteiger partial charge in [-0.05, 0) is 37.2 Å². The Bertz CT molecular complexity index is 481. The molecule has 0 saturated heterocycles. The third-order valence-electron chi connectivity index (χ3n) is 3.76. The number of aromatic amines is 1. The molecule has 1 aliphatic carbocycles. The van der Waals surface area contributed by atoms with Crippen LogP contribution in [0.3, 0.4) is 0 Å². The van der Waals surface area contributed by atoms with Crippen molar-refractivity contribution in [3.05, 3.63) is 34.2 Å². The van der Waals surface area contributed by atoms with Crippen molar-refractivity contribution < 1.29 is 4.79 Å². The van der Waals surface area contributed by atoms with E-state index in [0.29, 0.717) is 11.6 Å². The highest BCUT2D eigenvalue weighted by Gasteiger charge is 2.26. The molecule has 1 aliphatic rings. The van der Waals surface area contributed by atoms with Gasteiger partial charge in [-0.2, -0.15) is 0 Å². The highest BCUT2D eigenvalue weighted by Crippen LogP contribution is 2.28. The third-order valence-corrected chi connectivity index (χ3v) is 3.76. The number of hydrogen-bond donors (Lipinski definition) is 2. The number of aromatic nitrogens is 1. The predicted molar refractivity (Wildman–Crippen MR) is 70.5 cm³/mol. The Labute approximate surface area is 107 Å². The second-order valence-electron chi connectivity index (χ2n) is 5.40. The summed E-state index contributed by atoms with van der Waals surface area (Å²) in [5.41, 5.74) is 0.0984. The second-order valence-corrected chi connectivity index (χ2v) is 5.40. The summed E-state index contributed by atoms with van der Waals surface area (Å²) in [7, 11) is 0. The SMILES string of the molecule is CC1CCC(NC(=O)c2cccc(=O)[nH]2)C(C)C1. The molecule has 2 N–H and O–H groups in total. The molecule has 98 valence electrons. The van der Waals surface area contributed by atoms with Crippen molar-refractivity contribution in [1.82, 2.24) is 10.3 Å². The minimum Gasteiger partial charge on any atom is -0.348 e. The van der Waals surface area contributed by atoms with Crippen LogP contribution in [0.1, 0.15) is 43.6 Å². The Morgan fingerprint density at radius 3 is 2.78 bits per heavy atom. The number of pyridine rings is 1. The first kappa shape index (κ1) is 12.9. The lowest BCUT2D eigenvalue weighted by molar-refractivity contribution is 0.0894. The van der Waals surface area contributed by atoms with Gasteiger partial charge < -0.3 is 10.3 Å². The Morgan fingerprint density at radius 1 is 1.33 bits per heavy atom. The summed E-state index contributed by atoms with van der Waals surface area (Å²) in [5.74, 6) is 1.05. The molecule has 4 nitrogen and oxygen atoms in total. The predicted octanol–water partition coefficient (Wildman–Crippen LogP) is 1.93. The van der Waals surface area contributed by atoms with Crippen LogP contribution in [0.25, 0.3) is 0 Å². The molecule has 1 aromatic heterocycles. The Balaban J connectivity index is 2.01. The first-order chi connectivity index (χ1) is 8.56. The Kier molecular flexibility index (Phi) is 3.84. The normalized spacial score (nSPS) is 27.8. The molecule has 4 heteroatoms. The van der Waals surface area contributed by atoms with Crippen molar-refractivity contribution in [2.75, 3.05) is 0 Å². The second kappa shape index (κ2) is 5.38. The maximum atomic E-state index is 12.0. The van der Waals surface area contributed by atoms with Gasteiger partial charge in [0.05, 0.1) is 0 Å². The minimum atomic E-state index is -0.243. The van der Waals surface area contributed by atoms with Crippen LogP contribution < -0.4 is 10.9 Å². The molecule has 1 heterocycles. The van der Waals surface area contributed by atoms with E-state index in [4.69, 9.17) is 0 Å². The van der Waals surface area contributed by atoms with Gasteiger partial charge in [0.15, 0.2) is 0 Å². The zero-order chi connectivity index (χ0) is 13.1. The molecule has 3 atom stereocenters. The van der Waals surface area contributed by atoms with Gasteiger partial charge in [0.25, 0.3) is 5.91 Å². The van der Waals surface area contributed by atoms with Crippen molar-refractivity contribution in [2.24, 2.45) is 11.8 Å².